The van der Waals surface area contributed by atoms with Crippen LogP contribution in [0.1, 0.15) is 237 Å². The molecule has 24 nitrogen and oxygen atoms in total. The highest BCUT2D eigenvalue weighted by Crippen LogP contribution is 2.60. The lowest BCUT2D eigenvalue weighted by atomic mass is 9.57. The Bertz CT molecular complexity index is 5930. The number of rotatable bonds is 19. The van der Waals surface area contributed by atoms with E-state index in [1.54, 1.807) is 43.3 Å². The van der Waals surface area contributed by atoms with Gasteiger partial charge in [-0.3, -0.25) is 72.6 Å². The maximum Gasteiger partial charge on any atom is 0.294 e. The topological polar surface area (TPSA) is 381 Å². The maximum absolute atomic E-state index is 12.5. The lowest BCUT2D eigenvalue weighted by Crippen LogP contribution is -2.56. The Hall–Kier alpha value is -12.1. The van der Waals surface area contributed by atoms with Crippen molar-refractivity contribution in [1.29, 1.82) is 0 Å². The number of hydrazine groups is 1. The second kappa shape index (κ2) is 63.2. The Morgan fingerprint density at radius 2 is 0.926 bits per heavy atom. The van der Waals surface area contributed by atoms with Crippen molar-refractivity contribution in [3.63, 3.8) is 0 Å². The number of benzene rings is 8. The van der Waals surface area contributed by atoms with Crippen LogP contribution in [0.4, 0.5) is 14.8 Å². The molecule has 9 aliphatic carbocycles. The summed E-state index contributed by atoms with van der Waals surface area (Å²) in [6, 6.07) is 72.4. The molecule has 2 saturated heterocycles. The van der Waals surface area contributed by atoms with E-state index >= 15 is 0 Å². The van der Waals surface area contributed by atoms with Gasteiger partial charge >= 0.3 is 0 Å². The molecule has 2 heterocycles. The molecule has 3 atom stereocenters. The lowest BCUT2D eigenvalue weighted by molar-refractivity contribution is -0.242. The molecule has 0 amide bonds. The minimum Gasteiger partial charge on any atom is -0.515 e. The van der Waals surface area contributed by atoms with Crippen molar-refractivity contribution in [1.82, 2.24) is 0 Å². The van der Waals surface area contributed by atoms with Crippen LogP contribution in [0, 0.1) is 40.3 Å². The Balaban J connectivity index is 0.000000355. The molecular formula is C120H148BrClF2N2O22S. The molecule has 0 bridgehead atoms. The van der Waals surface area contributed by atoms with Crippen LogP contribution in [-0.2, 0) is 134 Å². The van der Waals surface area contributed by atoms with E-state index in [1.165, 1.54) is 72.0 Å². The SMILES string of the molecule is BrCc1ccccc1.C.C=CC(C)=O.CC(=O)CCC1(Cc2ccccc2)C(=O)CCCC1=O.CCOC=O.Cc1ccc(S(=O)(=O)O)cc1.Cl.F.NNc1ccc(F)cc1.O=C1C=C2CCCC(=O)C2(Cc2ccccc2)CC1.O=C1C=C2CCCC3(OCCO3)C2(Cc2ccccc2)C/C1=C/O.O=C1C=C2CCCC3(OCCO3)C2(Cc2ccccc2)CC1.O=C1CCCC(=O)C1.O=C1CCCC(=O)C1Cc1ccccc1.[2HH].[HH]. The van der Waals surface area contributed by atoms with Crippen molar-refractivity contribution in [2.45, 2.75) is 256 Å². The first-order valence-corrected chi connectivity index (χ1v) is 52.8. The van der Waals surface area contributed by atoms with Gasteiger partial charge in [0.1, 0.15) is 52.1 Å². The number of nitrogen functional groups attached to an aromatic ring is 1. The number of nitrogens with one attached hydrogen (secondary N) is 1. The van der Waals surface area contributed by atoms with Gasteiger partial charge in [0.15, 0.2) is 34.7 Å². The summed E-state index contributed by atoms with van der Waals surface area (Å²) in [4.78, 5) is 147. The van der Waals surface area contributed by atoms with Crippen LogP contribution in [0.25, 0.3) is 0 Å². The molecule has 0 aromatic heterocycles. The molecule has 11 aliphatic rings. The fourth-order valence-corrected chi connectivity index (χ4v) is 21.2. The third-order valence-electron chi connectivity index (χ3n) is 27.9. The molecule has 29 heteroatoms. The van der Waals surface area contributed by atoms with E-state index in [0.29, 0.717) is 159 Å². The van der Waals surface area contributed by atoms with Crippen molar-refractivity contribution < 1.29 is 116 Å². The molecule has 8 aromatic carbocycles. The van der Waals surface area contributed by atoms with Crippen LogP contribution in [-0.4, -0.2) is 139 Å². The average Bonchev–Trinajstić information content (AvgIpc) is 1.65. The third-order valence-corrected chi connectivity index (χ3v) is 29.4. The molecule has 2 aliphatic heterocycles. The molecule has 0 radical (unpaired) electrons. The molecule has 19 rings (SSSR count). The molecule has 5 N–H and O–H groups in total. The number of hydrogen-bond acceptors (Lipinski definition) is 23. The fraction of sp³-hybridized carbons (Fsp3) is 0.408. The van der Waals surface area contributed by atoms with Crippen molar-refractivity contribution >= 4 is 120 Å². The molecule has 149 heavy (non-hydrogen) atoms. The molecular weight excluding hydrogens is 2010 g/mol. The van der Waals surface area contributed by atoms with Gasteiger partial charge in [-0.05, 0) is 237 Å². The molecule has 804 valence electrons. The number of halogens is 4. The summed E-state index contributed by atoms with van der Waals surface area (Å²) in [5.74, 6) is 4.42. The number of aliphatic hydroxyl groups is 1. The van der Waals surface area contributed by atoms with Crippen LogP contribution < -0.4 is 11.3 Å². The molecule has 2 spiro atoms. The Morgan fingerprint density at radius 3 is 1.34 bits per heavy atom. The Morgan fingerprint density at radius 1 is 0.523 bits per heavy atom. The predicted molar refractivity (Wildman–Crippen MR) is 583 cm³/mol. The van der Waals surface area contributed by atoms with Gasteiger partial charge in [-0.25, -0.2) is 4.39 Å². The number of aryl methyl sites for hydroxylation is 1. The molecule has 8 fully saturated rings. The minimum absolute atomic E-state index is 0. The summed E-state index contributed by atoms with van der Waals surface area (Å²) < 4.78 is 70.6. The number of nitrogens with two attached hydrogens (primary N) is 1. The van der Waals surface area contributed by atoms with Crippen LogP contribution >= 0.6 is 28.3 Å². The predicted octanol–water partition coefficient (Wildman–Crippen LogP) is 23.5. The van der Waals surface area contributed by atoms with E-state index in [4.69, 9.17) is 29.3 Å². The van der Waals surface area contributed by atoms with Gasteiger partial charge in [-0.2, -0.15) is 8.42 Å². The number of fused-ring (bicyclic) bond motifs is 5. The van der Waals surface area contributed by atoms with E-state index in [2.05, 4.69) is 93.3 Å². The summed E-state index contributed by atoms with van der Waals surface area (Å²) in [6.45, 7) is 13.2. The van der Waals surface area contributed by atoms with Gasteiger partial charge in [0, 0.05) is 96.5 Å². The van der Waals surface area contributed by atoms with Crippen molar-refractivity contribution in [3.05, 3.63) is 335 Å². The highest BCUT2D eigenvalue weighted by Gasteiger charge is 2.62. The largest absolute Gasteiger partial charge is 0.515 e. The lowest BCUT2D eigenvalue weighted by Gasteiger charge is -2.53. The number of anilines is 1. The second-order valence-electron chi connectivity index (χ2n) is 38.0. The number of hydrogen-bond donors (Lipinski definition) is 4. The number of allylic oxidation sites excluding steroid dienone is 6. The zero-order valence-electron chi connectivity index (χ0n) is 85.0. The van der Waals surface area contributed by atoms with E-state index in [0.717, 1.165) is 129 Å². The van der Waals surface area contributed by atoms with Gasteiger partial charge in [-0.15, -0.1) is 12.4 Å². The second-order valence-corrected chi connectivity index (χ2v) is 39.9. The quantitative estimate of drug-likeness (QED) is 0.00853. The van der Waals surface area contributed by atoms with Crippen molar-refractivity contribution in [2.24, 2.45) is 33.4 Å². The highest BCUT2D eigenvalue weighted by atomic mass is 79.9. The third kappa shape index (κ3) is 36.9. The number of alkyl halides is 1. The van der Waals surface area contributed by atoms with Crippen LogP contribution in [0.5, 0.6) is 0 Å². The number of carbonyl (C=O) groups excluding carboxylic acids is 13. The minimum atomic E-state index is -4.02. The molecule has 3 unspecified atom stereocenters. The van der Waals surface area contributed by atoms with Crippen molar-refractivity contribution in [2.75, 3.05) is 38.5 Å². The summed E-state index contributed by atoms with van der Waals surface area (Å²) in [5.41, 5.74) is 13.1. The first-order valence-electron chi connectivity index (χ1n) is 50.2. The number of carbonyl (C=O) groups is 13. The van der Waals surface area contributed by atoms with Gasteiger partial charge < -0.3 is 39.0 Å². The van der Waals surface area contributed by atoms with Crippen molar-refractivity contribution in [3.8, 4) is 0 Å². The number of aliphatic hydroxyl groups excluding tert-OH is 1. The number of Topliss-reactive ketones (excluding diaryl/α,β-unsaturated/α-hetero) is 8. The number of ketones is 12. The summed E-state index contributed by atoms with van der Waals surface area (Å²) in [6.07, 6.45) is 28.5. The normalized spacial score (nSPS) is 20.5. The smallest absolute Gasteiger partial charge is 0.294 e. The van der Waals surface area contributed by atoms with E-state index < -0.39 is 32.5 Å². The summed E-state index contributed by atoms with van der Waals surface area (Å²) in [7, 11) is -4.02. The highest BCUT2D eigenvalue weighted by molar-refractivity contribution is 9.08. The van der Waals surface area contributed by atoms with E-state index in [-0.39, 0.29) is 125 Å². The standard InChI is InChI=1S/C20H22O4.C19H22O3.C17H20O3.C17H18O2.C13H14O2.C7H7Br.C7H8O3S.C6H7FN2.C6H8O2.C4H6O.C3H6O2.CH4.ClH.FH.2H2/c21-14-16-13-19(12-15-5-2-1-3-6-15)17(11-18(16)22)7-4-8-20(19)23-9-10-24-20;20-17-8-10-18(14-15-5-2-1-3-6-15)16(13-17)7-4-9-19(18)21-11-12-22-19;1-13(18)10-11-17(12-14-6-3-2-4-7-14)15(19)8-5-9-16(17)20;18-15-9-10-17(12-13-5-2-1-3-6-13)14(11-15)7-4-8-16(17)19;14-12-7-4-8-13(15)11(12)9-10-5-2-1-3-6-10;8-6-7-4-2-1-3-5-7;1-6-2-4-7(5-3-6)11(8,9)10;7-5-1-3-6(9-8)4-2-5;7-5-2-1-3-6(8)4-5;1-3-4(2)5;1-2-5-3-4;;;;;/h1-3,5-6,11,14,21H,4,7-10,12-13H2;1-3,5-6,13H,4,7-12,14H2;2-4,6-7H,5,8-12H2,1H3;1-3,5-6,11H,4,7-10,12H2;1-3,5-6,11H,4,7-9H2;1-5H,6H2;2-5H,1H3,(H,8,9,10);1-4,9H,8H2;1-4H2;3H,1H2,2H3;3H,2H2,1H3;1H4;4*1H/b16-14-;;;;;;;;;;;;;;;/i;;;;;;;;;;;;;;1+1;. The van der Waals surface area contributed by atoms with Crippen LogP contribution in [0.2, 0.25) is 0 Å². The number of ether oxygens (including phenoxy) is 5. The first kappa shape index (κ1) is 126. The van der Waals surface area contributed by atoms with Crippen LogP contribution in [0.3, 0.4) is 0 Å². The molecule has 8 aromatic rings. The monoisotopic (exact) mass is 2150 g/mol. The molecule has 6 saturated carbocycles. The fourth-order valence-electron chi connectivity index (χ4n) is 20.4. The zero-order chi connectivity index (χ0) is 106. The van der Waals surface area contributed by atoms with Gasteiger partial charge in [0.05, 0.1) is 78.2 Å². The Kier molecular flexibility index (Phi) is 53.2. The van der Waals surface area contributed by atoms with E-state index in [9.17, 15) is 80.2 Å². The Labute approximate surface area is 892 Å². The average molecular weight is 2160 g/mol. The van der Waals surface area contributed by atoms with Gasteiger partial charge in [0.2, 0.25) is 0 Å². The summed E-state index contributed by atoms with van der Waals surface area (Å²) in [5, 5.41) is 10.5. The van der Waals surface area contributed by atoms with E-state index in [1.807, 2.05) is 134 Å². The van der Waals surface area contributed by atoms with Gasteiger partial charge in [-0.1, -0.05) is 246 Å². The van der Waals surface area contributed by atoms with Gasteiger partial charge in [0.25, 0.3) is 16.6 Å². The zero-order valence-corrected chi connectivity index (χ0v) is 88.2. The van der Waals surface area contributed by atoms with Crippen LogP contribution in [0.15, 0.2) is 295 Å². The first-order chi connectivity index (χ1) is 70.2. The summed E-state index contributed by atoms with van der Waals surface area (Å²) >= 11 is 3.36. The maximum atomic E-state index is 12.5.